The fourth-order valence-corrected chi connectivity index (χ4v) is 8.05. The molecule has 0 radical (unpaired) electrons. The molecule has 5 aliphatic rings. The second-order valence-corrected chi connectivity index (χ2v) is 11.4. The van der Waals surface area contributed by atoms with Crippen molar-refractivity contribution in [3.8, 4) is 0 Å². The molecule has 2 bridgehead atoms. The zero-order valence-electron chi connectivity index (χ0n) is 18.1. The summed E-state index contributed by atoms with van der Waals surface area (Å²) >= 11 is 0. The molecule has 4 unspecified atom stereocenters. The lowest BCUT2D eigenvalue weighted by Gasteiger charge is -2.59. The number of allylic oxidation sites excluding steroid dienone is 4. The topological polar surface area (TPSA) is 12.0 Å². The van der Waals surface area contributed by atoms with Crippen LogP contribution in [0.25, 0.3) is 0 Å². The van der Waals surface area contributed by atoms with Crippen molar-refractivity contribution in [2.75, 3.05) is 0 Å². The minimum absolute atomic E-state index is 0.299. The lowest BCUT2D eigenvalue weighted by atomic mass is 9.56. The Hall–Kier alpha value is -0.820. The van der Waals surface area contributed by atoms with Gasteiger partial charge >= 0.3 is 0 Å². The first-order valence-corrected chi connectivity index (χ1v) is 11.6. The molecule has 0 aromatic carbocycles. The predicted molar refractivity (Wildman–Crippen MR) is 115 cm³/mol. The van der Waals surface area contributed by atoms with E-state index in [2.05, 4.69) is 45.7 Å². The highest BCUT2D eigenvalue weighted by molar-refractivity contribution is 5.44. The quantitative estimate of drug-likeness (QED) is 0.536. The van der Waals surface area contributed by atoms with Crippen LogP contribution in [-0.4, -0.2) is 11.1 Å². The molecule has 2 saturated carbocycles. The van der Waals surface area contributed by atoms with Gasteiger partial charge < -0.3 is 5.32 Å². The summed E-state index contributed by atoms with van der Waals surface area (Å²) in [5.41, 5.74) is 7.57. The third kappa shape index (κ3) is 2.53. The molecular weight excluding hydrogens is 326 g/mol. The molecule has 2 saturated heterocycles. The molecule has 2 heterocycles. The van der Waals surface area contributed by atoms with Crippen molar-refractivity contribution < 1.29 is 0 Å². The van der Waals surface area contributed by atoms with Crippen LogP contribution < -0.4 is 5.32 Å². The van der Waals surface area contributed by atoms with Crippen molar-refractivity contribution in [1.82, 2.24) is 5.32 Å². The molecule has 0 amide bonds. The van der Waals surface area contributed by atoms with Crippen LogP contribution in [0.5, 0.6) is 0 Å². The summed E-state index contributed by atoms with van der Waals surface area (Å²) in [5.74, 6) is 2.56. The number of hydrogen-bond donors (Lipinski definition) is 1. The van der Waals surface area contributed by atoms with Crippen molar-refractivity contribution in [1.29, 1.82) is 0 Å². The van der Waals surface area contributed by atoms with E-state index in [1.54, 1.807) is 16.7 Å². The summed E-state index contributed by atoms with van der Waals surface area (Å²) in [4.78, 5) is 0. The zero-order chi connectivity index (χ0) is 19.0. The van der Waals surface area contributed by atoms with Crippen LogP contribution in [0.3, 0.4) is 0 Å². The Bertz CT molecular complexity index is 721. The third-order valence-electron chi connectivity index (χ3n) is 9.89. The van der Waals surface area contributed by atoms with Gasteiger partial charge in [-0.05, 0) is 114 Å². The molecule has 4 fully saturated rings. The molecule has 148 valence electrons. The largest absolute Gasteiger partial charge is 0.302 e. The van der Waals surface area contributed by atoms with E-state index in [-0.39, 0.29) is 0 Å². The minimum Gasteiger partial charge on any atom is -0.302 e. The Balaban J connectivity index is 1.50. The zero-order valence-corrected chi connectivity index (χ0v) is 18.1. The highest BCUT2D eigenvalue weighted by atomic mass is 15.1. The van der Waals surface area contributed by atoms with Crippen molar-refractivity contribution in [3.63, 3.8) is 0 Å². The summed E-state index contributed by atoms with van der Waals surface area (Å²) < 4.78 is 0. The van der Waals surface area contributed by atoms with E-state index < -0.39 is 0 Å². The Morgan fingerprint density at radius 3 is 2.33 bits per heavy atom. The van der Waals surface area contributed by atoms with E-state index in [0.717, 1.165) is 11.8 Å². The maximum atomic E-state index is 4.33. The summed E-state index contributed by atoms with van der Waals surface area (Å²) in [6.07, 6.45) is 16.4. The van der Waals surface area contributed by atoms with Crippen molar-refractivity contribution in [2.24, 2.45) is 23.2 Å². The van der Waals surface area contributed by atoms with E-state index in [1.165, 1.54) is 69.8 Å². The highest BCUT2D eigenvalue weighted by Gasteiger charge is 2.58. The van der Waals surface area contributed by atoms with Crippen molar-refractivity contribution in [2.45, 2.75) is 103 Å². The molecular formula is C26H39N. The van der Waals surface area contributed by atoms with Gasteiger partial charge in [-0.25, -0.2) is 0 Å². The molecule has 1 N–H and O–H groups in total. The van der Waals surface area contributed by atoms with Crippen LogP contribution in [0.15, 0.2) is 34.9 Å². The number of rotatable bonds is 2. The Morgan fingerprint density at radius 2 is 1.70 bits per heavy atom. The maximum Gasteiger partial charge on any atom is 0.0402 e. The fraction of sp³-hybridized carbons (Fsp3) is 0.769. The van der Waals surface area contributed by atoms with Gasteiger partial charge in [0.2, 0.25) is 0 Å². The molecule has 3 aliphatic carbocycles. The van der Waals surface area contributed by atoms with Crippen molar-refractivity contribution >= 4 is 0 Å². The molecule has 27 heavy (non-hydrogen) atoms. The van der Waals surface area contributed by atoms with Gasteiger partial charge in [0.05, 0.1) is 0 Å². The smallest absolute Gasteiger partial charge is 0.0402 e. The number of nitrogens with one attached hydrogen (secondary N) is 1. The monoisotopic (exact) mass is 365 g/mol. The predicted octanol–water partition coefficient (Wildman–Crippen LogP) is 6.72. The maximum absolute atomic E-state index is 4.33. The number of fused-ring (bicyclic) bond motifs is 2. The summed E-state index contributed by atoms with van der Waals surface area (Å²) in [6, 6.07) is 0. The van der Waals surface area contributed by atoms with Crippen LogP contribution in [0.1, 0.15) is 91.9 Å². The van der Waals surface area contributed by atoms with Gasteiger partial charge in [0, 0.05) is 11.1 Å². The van der Waals surface area contributed by atoms with Gasteiger partial charge in [-0.3, -0.25) is 0 Å². The normalized spacial score (nSPS) is 48.9. The van der Waals surface area contributed by atoms with Gasteiger partial charge in [-0.1, -0.05) is 36.3 Å². The lowest BCUT2D eigenvalue weighted by Crippen LogP contribution is -2.68. The van der Waals surface area contributed by atoms with Crippen LogP contribution in [0, 0.1) is 23.2 Å². The van der Waals surface area contributed by atoms with E-state index >= 15 is 0 Å². The molecule has 0 spiro atoms. The van der Waals surface area contributed by atoms with Gasteiger partial charge in [-0.2, -0.15) is 0 Å². The molecule has 2 aliphatic heterocycles. The van der Waals surface area contributed by atoms with Gasteiger partial charge in [0.1, 0.15) is 0 Å². The molecule has 0 aromatic heterocycles. The van der Waals surface area contributed by atoms with Crippen LogP contribution in [-0.2, 0) is 0 Å². The first-order valence-electron chi connectivity index (χ1n) is 11.6. The summed E-state index contributed by atoms with van der Waals surface area (Å²) in [5, 5.41) is 4.33. The number of piperidine rings is 2. The SMILES string of the molecule is C=C(C)C1CCC2(C)CC(C34CCC5CCC(CC3)C5(C)N4)=CC(C)=C2C1. The second-order valence-electron chi connectivity index (χ2n) is 11.4. The second kappa shape index (κ2) is 5.85. The Morgan fingerprint density at radius 1 is 1.04 bits per heavy atom. The minimum atomic E-state index is 0.299. The van der Waals surface area contributed by atoms with E-state index in [9.17, 15) is 0 Å². The average molecular weight is 366 g/mol. The summed E-state index contributed by atoms with van der Waals surface area (Å²) in [6.45, 7) is 14.0. The molecule has 4 atom stereocenters. The molecule has 1 heteroatoms. The molecule has 5 rings (SSSR count). The standard InChI is InChI=1S/C26H39N/c1-17(2)19-8-11-24(4)16-22(14-18(3)23(24)15-19)26-12-9-20-6-7-21(10-13-26)25(20,5)27-26/h14,19-21,27H,1,6-13,15-16H2,2-5H3. The van der Waals surface area contributed by atoms with E-state index in [0.29, 0.717) is 22.4 Å². The van der Waals surface area contributed by atoms with Crippen LogP contribution >= 0.6 is 0 Å². The van der Waals surface area contributed by atoms with E-state index in [4.69, 9.17) is 0 Å². The van der Waals surface area contributed by atoms with Crippen molar-refractivity contribution in [3.05, 3.63) is 34.9 Å². The summed E-state index contributed by atoms with van der Waals surface area (Å²) in [7, 11) is 0. The highest BCUT2D eigenvalue weighted by Crippen LogP contribution is 2.59. The van der Waals surface area contributed by atoms with Gasteiger partial charge in [-0.15, -0.1) is 0 Å². The molecule has 0 aromatic rings. The van der Waals surface area contributed by atoms with Gasteiger partial charge in [0.15, 0.2) is 0 Å². The van der Waals surface area contributed by atoms with Crippen LogP contribution in [0.2, 0.25) is 0 Å². The first-order chi connectivity index (χ1) is 12.8. The Kier molecular flexibility index (Phi) is 3.95. The lowest BCUT2D eigenvalue weighted by molar-refractivity contribution is 0.0341. The Labute approximate surface area is 166 Å². The van der Waals surface area contributed by atoms with E-state index in [1.807, 2.05) is 0 Å². The van der Waals surface area contributed by atoms with Gasteiger partial charge in [0.25, 0.3) is 0 Å². The third-order valence-corrected chi connectivity index (χ3v) is 9.89. The number of hydrogen-bond acceptors (Lipinski definition) is 1. The fourth-order valence-electron chi connectivity index (χ4n) is 8.05. The first kappa shape index (κ1) is 18.2. The van der Waals surface area contributed by atoms with Crippen LogP contribution in [0.4, 0.5) is 0 Å². The average Bonchev–Trinajstić information content (AvgIpc) is 3.00. The molecule has 1 nitrogen and oxygen atoms in total.